The predicted molar refractivity (Wildman–Crippen MR) is 54.6 cm³/mol. The SMILES string of the molecule is O=C(O)C1CCC2(CCCCCC2=O)N1. The number of ketones is 1. The Morgan fingerprint density at radius 2 is 2.13 bits per heavy atom. The van der Waals surface area contributed by atoms with Gasteiger partial charge in [-0.2, -0.15) is 0 Å². The van der Waals surface area contributed by atoms with Gasteiger partial charge in [0.15, 0.2) is 5.78 Å². The van der Waals surface area contributed by atoms with Gasteiger partial charge >= 0.3 is 5.97 Å². The number of Topliss-reactive ketones (excluding diaryl/α,β-unsaturated/α-hetero) is 1. The van der Waals surface area contributed by atoms with Crippen molar-refractivity contribution in [2.45, 2.75) is 56.5 Å². The summed E-state index contributed by atoms with van der Waals surface area (Å²) in [5, 5.41) is 12.0. The molecule has 1 aliphatic carbocycles. The molecule has 84 valence electrons. The van der Waals surface area contributed by atoms with Crippen molar-refractivity contribution in [1.82, 2.24) is 5.32 Å². The largest absolute Gasteiger partial charge is 0.480 e. The molecule has 0 radical (unpaired) electrons. The standard InChI is InChI=1S/C11H17NO3/c13-9-4-2-1-3-6-11(9)7-5-8(12-11)10(14)15/h8,12H,1-7H2,(H,14,15). The molecule has 1 aliphatic heterocycles. The van der Waals surface area contributed by atoms with E-state index in [9.17, 15) is 9.59 Å². The molecule has 2 rings (SSSR count). The van der Waals surface area contributed by atoms with Crippen LogP contribution in [0.15, 0.2) is 0 Å². The number of carboxylic acid groups (broad SMARTS) is 1. The molecule has 2 fully saturated rings. The van der Waals surface area contributed by atoms with Gasteiger partial charge in [0, 0.05) is 6.42 Å². The molecule has 4 nitrogen and oxygen atoms in total. The first kappa shape index (κ1) is 10.6. The minimum atomic E-state index is -0.830. The first-order chi connectivity index (χ1) is 7.14. The average molecular weight is 211 g/mol. The van der Waals surface area contributed by atoms with Crippen LogP contribution >= 0.6 is 0 Å². The van der Waals surface area contributed by atoms with E-state index in [2.05, 4.69) is 5.32 Å². The van der Waals surface area contributed by atoms with Gasteiger partial charge in [0.2, 0.25) is 0 Å². The number of carbonyl (C=O) groups excluding carboxylic acids is 1. The van der Waals surface area contributed by atoms with Crippen molar-refractivity contribution in [3.05, 3.63) is 0 Å². The first-order valence-electron chi connectivity index (χ1n) is 5.68. The highest BCUT2D eigenvalue weighted by Gasteiger charge is 2.46. The van der Waals surface area contributed by atoms with E-state index < -0.39 is 17.6 Å². The fraction of sp³-hybridized carbons (Fsp3) is 0.818. The third-order valence-electron chi connectivity index (χ3n) is 3.65. The summed E-state index contributed by atoms with van der Waals surface area (Å²) in [6.07, 6.45) is 5.79. The molecule has 1 heterocycles. The van der Waals surface area contributed by atoms with Crippen LogP contribution in [0.25, 0.3) is 0 Å². The molecule has 15 heavy (non-hydrogen) atoms. The van der Waals surface area contributed by atoms with Crippen LogP contribution in [-0.4, -0.2) is 28.4 Å². The van der Waals surface area contributed by atoms with Crippen LogP contribution < -0.4 is 5.32 Å². The molecule has 2 unspecified atom stereocenters. The topological polar surface area (TPSA) is 66.4 Å². The average Bonchev–Trinajstić information content (AvgIpc) is 2.54. The fourth-order valence-corrected chi connectivity index (χ4v) is 2.74. The van der Waals surface area contributed by atoms with E-state index in [1.807, 2.05) is 0 Å². The lowest BCUT2D eigenvalue weighted by molar-refractivity contribution is -0.139. The Morgan fingerprint density at radius 1 is 1.33 bits per heavy atom. The number of hydrogen-bond donors (Lipinski definition) is 2. The Labute approximate surface area is 89.0 Å². The van der Waals surface area contributed by atoms with E-state index in [1.165, 1.54) is 0 Å². The van der Waals surface area contributed by atoms with Crippen LogP contribution in [0.5, 0.6) is 0 Å². The Hall–Kier alpha value is -0.900. The zero-order valence-corrected chi connectivity index (χ0v) is 8.79. The van der Waals surface area contributed by atoms with Crippen LogP contribution in [0.2, 0.25) is 0 Å². The minimum Gasteiger partial charge on any atom is -0.480 e. The normalized spacial score (nSPS) is 36.8. The second-order valence-electron chi connectivity index (χ2n) is 4.64. The maximum Gasteiger partial charge on any atom is 0.320 e. The van der Waals surface area contributed by atoms with E-state index in [-0.39, 0.29) is 5.78 Å². The number of rotatable bonds is 1. The van der Waals surface area contributed by atoms with Crippen molar-refractivity contribution in [2.75, 3.05) is 0 Å². The predicted octanol–water partition coefficient (Wildman–Crippen LogP) is 1.09. The lowest BCUT2D eigenvalue weighted by Crippen LogP contribution is -2.51. The zero-order chi connectivity index (χ0) is 10.9. The number of nitrogens with one attached hydrogen (secondary N) is 1. The Balaban J connectivity index is 2.12. The molecule has 1 spiro atoms. The van der Waals surface area contributed by atoms with Crippen LogP contribution in [-0.2, 0) is 9.59 Å². The highest BCUT2D eigenvalue weighted by atomic mass is 16.4. The van der Waals surface area contributed by atoms with Crippen molar-refractivity contribution < 1.29 is 14.7 Å². The maximum atomic E-state index is 12.0. The van der Waals surface area contributed by atoms with Gasteiger partial charge in [0.1, 0.15) is 6.04 Å². The van der Waals surface area contributed by atoms with Gasteiger partial charge in [0.05, 0.1) is 5.54 Å². The van der Waals surface area contributed by atoms with Crippen molar-refractivity contribution in [3.63, 3.8) is 0 Å². The second kappa shape index (κ2) is 3.93. The summed E-state index contributed by atoms with van der Waals surface area (Å²) in [6, 6.07) is -0.521. The van der Waals surface area contributed by atoms with Gasteiger partial charge in [0.25, 0.3) is 0 Å². The molecule has 4 heteroatoms. The highest BCUT2D eigenvalue weighted by Crippen LogP contribution is 2.33. The molecular weight excluding hydrogens is 194 g/mol. The van der Waals surface area contributed by atoms with Crippen LogP contribution in [0.3, 0.4) is 0 Å². The zero-order valence-electron chi connectivity index (χ0n) is 8.79. The molecule has 2 atom stereocenters. The molecule has 1 saturated heterocycles. The smallest absolute Gasteiger partial charge is 0.320 e. The van der Waals surface area contributed by atoms with Gasteiger partial charge in [-0.05, 0) is 25.7 Å². The molecule has 1 saturated carbocycles. The Morgan fingerprint density at radius 3 is 2.80 bits per heavy atom. The van der Waals surface area contributed by atoms with Crippen molar-refractivity contribution >= 4 is 11.8 Å². The third-order valence-corrected chi connectivity index (χ3v) is 3.65. The summed E-state index contributed by atoms with van der Waals surface area (Å²) in [7, 11) is 0. The quantitative estimate of drug-likeness (QED) is 0.681. The van der Waals surface area contributed by atoms with E-state index in [0.29, 0.717) is 19.3 Å². The van der Waals surface area contributed by atoms with Gasteiger partial charge in [-0.1, -0.05) is 12.8 Å². The summed E-state index contributed by atoms with van der Waals surface area (Å²) < 4.78 is 0. The molecule has 2 N–H and O–H groups in total. The van der Waals surface area contributed by atoms with Crippen LogP contribution in [0, 0.1) is 0 Å². The summed E-state index contributed by atoms with van der Waals surface area (Å²) in [5.41, 5.74) is -0.500. The Bertz CT molecular complexity index is 290. The molecular formula is C11H17NO3. The van der Waals surface area contributed by atoms with E-state index >= 15 is 0 Å². The second-order valence-corrected chi connectivity index (χ2v) is 4.64. The number of carbonyl (C=O) groups is 2. The maximum absolute atomic E-state index is 12.0. The first-order valence-corrected chi connectivity index (χ1v) is 5.68. The summed E-state index contributed by atoms with van der Waals surface area (Å²) >= 11 is 0. The van der Waals surface area contributed by atoms with E-state index in [0.717, 1.165) is 25.7 Å². The summed E-state index contributed by atoms with van der Waals surface area (Å²) in [6.45, 7) is 0. The van der Waals surface area contributed by atoms with Crippen molar-refractivity contribution in [2.24, 2.45) is 0 Å². The van der Waals surface area contributed by atoms with Crippen LogP contribution in [0.1, 0.15) is 44.9 Å². The lowest BCUT2D eigenvalue weighted by atomic mass is 9.88. The fourth-order valence-electron chi connectivity index (χ4n) is 2.74. The molecule has 0 amide bonds. The molecule has 2 aliphatic rings. The van der Waals surface area contributed by atoms with Gasteiger partial charge in [-0.15, -0.1) is 0 Å². The lowest BCUT2D eigenvalue weighted by Gasteiger charge is -2.26. The number of carboxylic acids is 1. The minimum absolute atomic E-state index is 0.226. The molecule has 0 bridgehead atoms. The van der Waals surface area contributed by atoms with Crippen molar-refractivity contribution in [1.29, 1.82) is 0 Å². The number of hydrogen-bond acceptors (Lipinski definition) is 3. The molecule has 0 aromatic heterocycles. The van der Waals surface area contributed by atoms with Crippen LogP contribution in [0.4, 0.5) is 0 Å². The highest BCUT2D eigenvalue weighted by molar-refractivity contribution is 5.90. The molecule has 0 aromatic rings. The molecule has 0 aromatic carbocycles. The van der Waals surface area contributed by atoms with E-state index in [1.54, 1.807) is 0 Å². The van der Waals surface area contributed by atoms with Gasteiger partial charge < -0.3 is 5.11 Å². The summed E-state index contributed by atoms with van der Waals surface area (Å²) in [4.78, 5) is 22.8. The van der Waals surface area contributed by atoms with Gasteiger partial charge in [-0.3, -0.25) is 14.9 Å². The third kappa shape index (κ3) is 1.91. The van der Waals surface area contributed by atoms with Gasteiger partial charge in [-0.25, -0.2) is 0 Å². The monoisotopic (exact) mass is 211 g/mol. The summed E-state index contributed by atoms with van der Waals surface area (Å²) in [5.74, 6) is -0.604. The van der Waals surface area contributed by atoms with E-state index in [4.69, 9.17) is 5.11 Å². The number of aliphatic carboxylic acids is 1. The van der Waals surface area contributed by atoms with Crippen molar-refractivity contribution in [3.8, 4) is 0 Å². The Kier molecular flexibility index (Phi) is 2.78.